The van der Waals surface area contributed by atoms with Crippen molar-refractivity contribution in [1.29, 1.82) is 0 Å². The minimum Gasteiger partial charge on any atom is -0.508 e. The van der Waals surface area contributed by atoms with Crippen LogP contribution < -0.4 is 20.1 Å². The van der Waals surface area contributed by atoms with Gasteiger partial charge in [-0.1, -0.05) is 18.2 Å². The number of ether oxygens (including phenoxy) is 3. The summed E-state index contributed by atoms with van der Waals surface area (Å²) in [6.07, 6.45) is 0. The number of phenolic OH excluding ortho intramolecular Hbond substituents is 1. The van der Waals surface area contributed by atoms with E-state index >= 15 is 0 Å². The second kappa shape index (κ2) is 7.15. The summed E-state index contributed by atoms with van der Waals surface area (Å²) in [5.74, 6) is 0.801. The van der Waals surface area contributed by atoms with Crippen LogP contribution >= 0.6 is 0 Å². The summed E-state index contributed by atoms with van der Waals surface area (Å²) >= 11 is 0. The van der Waals surface area contributed by atoms with Crippen LogP contribution in [0.5, 0.6) is 17.2 Å². The highest BCUT2D eigenvalue weighted by Gasteiger charge is 2.32. The van der Waals surface area contributed by atoms with Gasteiger partial charge < -0.3 is 30.0 Å². The van der Waals surface area contributed by atoms with Crippen LogP contribution in [0.3, 0.4) is 0 Å². The summed E-state index contributed by atoms with van der Waals surface area (Å²) in [5.41, 5.74) is 2.12. The van der Waals surface area contributed by atoms with Crippen molar-refractivity contribution in [2.75, 3.05) is 6.79 Å². The molecule has 2 amide bonds. The molecule has 3 N–H and O–H groups in total. The lowest BCUT2D eigenvalue weighted by atomic mass is 9.95. The maximum Gasteiger partial charge on any atom is 0.338 e. The van der Waals surface area contributed by atoms with Crippen molar-refractivity contribution in [3.63, 3.8) is 0 Å². The number of nitrogens with one attached hydrogen (secondary N) is 2. The van der Waals surface area contributed by atoms with E-state index in [0.29, 0.717) is 28.3 Å². The lowest BCUT2D eigenvalue weighted by Crippen LogP contribution is -2.45. The first kappa shape index (κ1) is 17.7. The molecular weight excluding hydrogens is 364 g/mol. The molecule has 0 aromatic heterocycles. The molecule has 0 aliphatic carbocycles. The van der Waals surface area contributed by atoms with Crippen LogP contribution in [0.4, 0.5) is 4.79 Å². The smallest absolute Gasteiger partial charge is 0.338 e. The van der Waals surface area contributed by atoms with Gasteiger partial charge in [0.05, 0.1) is 11.6 Å². The molecule has 1 atom stereocenters. The third-order valence-corrected chi connectivity index (χ3v) is 4.52. The summed E-state index contributed by atoms with van der Waals surface area (Å²) < 4.78 is 16.1. The van der Waals surface area contributed by atoms with E-state index in [4.69, 9.17) is 14.2 Å². The molecule has 0 radical (unpaired) electrons. The Morgan fingerprint density at radius 1 is 1.18 bits per heavy atom. The van der Waals surface area contributed by atoms with Crippen molar-refractivity contribution in [3.05, 3.63) is 64.9 Å². The number of carbonyl (C=O) groups is 2. The second-order valence-corrected chi connectivity index (χ2v) is 6.43. The van der Waals surface area contributed by atoms with E-state index in [1.165, 1.54) is 12.1 Å². The van der Waals surface area contributed by atoms with E-state index in [1.54, 1.807) is 37.3 Å². The summed E-state index contributed by atoms with van der Waals surface area (Å²) in [5, 5.41) is 14.8. The molecule has 2 aliphatic heterocycles. The van der Waals surface area contributed by atoms with Gasteiger partial charge in [-0.2, -0.15) is 0 Å². The second-order valence-electron chi connectivity index (χ2n) is 6.43. The molecule has 144 valence electrons. The first-order valence-electron chi connectivity index (χ1n) is 8.64. The molecular formula is C20H18N2O6. The molecule has 0 unspecified atom stereocenters. The third-order valence-electron chi connectivity index (χ3n) is 4.52. The van der Waals surface area contributed by atoms with Crippen molar-refractivity contribution in [2.24, 2.45) is 0 Å². The van der Waals surface area contributed by atoms with Gasteiger partial charge in [0.1, 0.15) is 12.4 Å². The normalized spacial score (nSPS) is 17.8. The number of benzene rings is 2. The molecule has 4 rings (SSSR count). The maximum atomic E-state index is 12.8. The number of amides is 2. The Morgan fingerprint density at radius 3 is 2.71 bits per heavy atom. The molecule has 0 spiro atoms. The highest BCUT2D eigenvalue weighted by Crippen LogP contribution is 2.33. The predicted octanol–water partition coefficient (Wildman–Crippen LogP) is 2.49. The zero-order valence-corrected chi connectivity index (χ0v) is 15.0. The van der Waals surface area contributed by atoms with E-state index in [2.05, 4.69) is 10.6 Å². The van der Waals surface area contributed by atoms with Crippen molar-refractivity contribution in [3.8, 4) is 17.2 Å². The number of allylic oxidation sites excluding steroid dienone is 1. The molecule has 2 aliphatic rings. The zero-order valence-electron chi connectivity index (χ0n) is 15.0. The minimum absolute atomic E-state index is 0.0441. The first-order chi connectivity index (χ1) is 13.5. The van der Waals surface area contributed by atoms with Gasteiger partial charge in [-0.25, -0.2) is 9.59 Å². The number of carbonyl (C=O) groups excluding carboxylic acids is 2. The van der Waals surface area contributed by atoms with E-state index in [-0.39, 0.29) is 19.1 Å². The van der Waals surface area contributed by atoms with Gasteiger partial charge in [0.25, 0.3) is 0 Å². The van der Waals surface area contributed by atoms with Gasteiger partial charge in [-0.3, -0.25) is 0 Å². The zero-order chi connectivity index (χ0) is 19.7. The van der Waals surface area contributed by atoms with Crippen LogP contribution in [-0.4, -0.2) is 23.9 Å². The largest absolute Gasteiger partial charge is 0.508 e. The van der Waals surface area contributed by atoms with E-state index < -0.39 is 18.0 Å². The van der Waals surface area contributed by atoms with Gasteiger partial charge >= 0.3 is 12.0 Å². The Bertz CT molecular complexity index is 967. The number of fused-ring (bicyclic) bond motifs is 1. The SMILES string of the molecule is CC1=C(C(=O)OCc2ccc3c(c2)OCO3)[C@@H](c2ccc(O)cc2)NC(=O)N1. The van der Waals surface area contributed by atoms with Gasteiger partial charge in [0.2, 0.25) is 6.79 Å². The molecule has 0 saturated carbocycles. The Hall–Kier alpha value is -3.68. The highest BCUT2D eigenvalue weighted by atomic mass is 16.7. The van der Waals surface area contributed by atoms with Crippen molar-refractivity contribution in [2.45, 2.75) is 19.6 Å². The molecule has 2 heterocycles. The number of hydrogen-bond acceptors (Lipinski definition) is 6. The van der Waals surface area contributed by atoms with E-state index in [9.17, 15) is 14.7 Å². The van der Waals surface area contributed by atoms with Crippen molar-refractivity contribution in [1.82, 2.24) is 10.6 Å². The van der Waals surface area contributed by atoms with Crippen LogP contribution in [0.15, 0.2) is 53.7 Å². The van der Waals surface area contributed by atoms with E-state index in [0.717, 1.165) is 5.56 Å². The van der Waals surface area contributed by atoms with E-state index in [1.807, 2.05) is 0 Å². The fourth-order valence-electron chi connectivity index (χ4n) is 3.14. The molecule has 8 nitrogen and oxygen atoms in total. The minimum atomic E-state index is -0.682. The lowest BCUT2D eigenvalue weighted by Gasteiger charge is -2.28. The van der Waals surface area contributed by atoms with Crippen LogP contribution in [0, 0.1) is 0 Å². The Balaban J connectivity index is 1.54. The number of phenols is 1. The molecule has 0 fully saturated rings. The summed E-state index contributed by atoms with van der Waals surface area (Å²) in [7, 11) is 0. The monoisotopic (exact) mass is 382 g/mol. The average molecular weight is 382 g/mol. The fraction of sp³-hybridized carbons (Fsp3) is 0.200. The number of hydrogen-bond donors (Lipinski definition) is 3. The topological polar surface area (TPSA) is 106 Å². The summed E-state index contributed by atoms with van der Waals surface area (Å²) in [6, 6.07) is 10.5. The molecule has 2 aromatic rings. The van der Waals surface area contributed by atoms with Crippen LogP contribution in [0.2, 0.25) is 0 Å². The quantitative estimate of drug-likeness (QED) is 0.702. The highest BCUT2D eigenvalue weighted by molar-refractivity contribution is 5.95. The number of aromatic hydroxyl groups is 1. The van der Waals surface area contributed by atoms with Crippen LogP contribution in [-0.2, 0) is 16.1 Å². The van der Waals surface area contributed by atoms with Crippen LogP contribution in [0.25, 0.3) is 0 Å². The standard InChI is InChI=1S/C20H18N2O6/c1-11-17(18(22-20(25)21-11)13-3-5-14(23)6-4-13)19(24)26-9-12-2-7-15-16(8-12)28-10-27-15/h2-8,18,23H,9-10H2,1H3,(H2,21,22,25)/t18-/m1/s1. The Morgan fingerprint density at radius 2 is 1.93 bits per heavy atom. The Kier molecular flexibility index (Phi) is 4.52. The van der Waals surface area contributed by atoms with Gasteiger partial charge in [0.15, 0.2) is 11.5 Å². The molecule has 0 bridgehead atoms. The van der Waals surface area contributed by atoms with Crippen molar-refractivity contribution < 1.29 is 28.9 Å². The molecule has 0 saturated heterocycles. The van der Waals surface area contributed by atoms with Gasteiger partial charge in [0, 0.05) is 5.70 Å². The summed E-state index contributed by atoms with van der Waals surface area (Å²) in [6.45, 7) is 1.86. The molecule has 2 aromatic carbocycles. The van der Waals surface area contributed by atoms with Gasteiger partial charge in [-0.15, -0.1) is 0 Å². The third kappa shape index (κ3) is 3.44. The Labute approximate surface area is 160 Å². The molecule has 28 heavy (non-hydrogen) atoms. The van der Waals surface area contributed by atoms with Crippen LogP contribution in [0.1, 0.15) is 24.1 Å². The van der Waals surface area contributed by atoms with Crippen molar-refractivity contribution >= 4 is 12.0 Å². The fourth-order valence-corrected chi connectivity index (χ4v) is 3.14. The van der Waals surface area contributed by atoms with Gasteiger partial charge in [-0.05, 0) is 42.3 Å². The number of esters is 1. The average Bonchev–Trinajstić information content (AvgIpc) is 3.14. The maximum absolute atomic E-state index is 12.8. The number of urea groups is 1. The molecule has 8 heteroatoms. The summed E-state index contributed by atoms with van der Waals surface area (Å²) in [4.78, 5) is 24.7. The first-order valence-corrected chi connectivity index (χ1v) is 8.64. The number of rotatable bonds is 4. The lowest BCUT2D eigenvalue weighted by molar-refractivity contribution is -0.140. The predicted molar refractivity (Wildman–Crippen MR) is 97.6 cm³/mol.